The minimum absolute atomic E-state index is 0.163. The van der Waals surface area contributed by atoms with Gasteiger partial charge in [0, 0.05) is 11.4 Å². The lowest BCUT2D eigenvalue weighted by Gasteiger charge is -2.40. The fourth-order valence-corrected chi connectivity index (χ4v) is 15.2. The Balaban J connectivity index is 1.44. The van der Waals surface area contributed by atoms with Gasteiger partial charge >= 0.3 is 11.9 Å². The maximum atomic E-state index is 15.6. The molecule has 4 aromatic carbocycles. The number of hydrogen-bond donors (Lipinski definition) is 0. The van der Waals surface area contributed by atoms with Crippen LogP contribution in [0.4, 0.5) is 28.4 Å². The number of rotatable bonds is 18. The molecule has 82 heavy (non-hydrogen) atoms. The molecule has 5 aliphatic rings. The van der Waals surface area contributed by atoms with E-state index in [0.29, 0.717) is 46.2 Å². The van der Waals surface area contributed by atoms with Crippen LogP contribution in [-0.2, 0) is 20.3 Å². The van der Waals surface area contributed by atoms with Gasteiger partial charge in [-0.15, -0.1) is 0 Å². The van der Waals surface area contributed by atoms with Crippen molar-refractivity contribution in [3.05, 3.63) is 147 Å². The standard InChI is InChI=1S/C76H104N2O4/c1-11-13-19-46-64(55-36-24-16-25-37-55)71(63(12-2)54-34-22-15-23-35-54)77(61-44-30-42-59(49-61)75(3,4)5)69-51-68(74(80)82-10)70(52-67(69)73(79)81-9)78(62-45-31-43-60(50-62)76(6,7)8)72-65(56-38-26-17-27-39-56)47-58(53-32-20-14-21-33-53)48-66(72)57-40-28-18-29-41-57/h12,30-31,42-57H,2,11,13-29,32-41H2,1,3-10H3/b64-46-,71-63-. The number of esters is 2. The third kappa shape index (κ3) is 14.1. The van der Waals surface area contributed by atoms with Crippen LogP contribution in [0, 0.1) is 11.8 Å². The second kappa shape index (κ2) is 28.0. The summed E-state index contributed by atoms with van der Waals surface area (Å²) in [6.07, 6.45) is 37.6. The average Bonchev–Trinajstić information content (AvgIpc) is 3.68. The predicted octanol–water partition coefficient (Wildman–Crippen LogP) is 22.3. The first-order valence-corrected chi connectivity index (χ1v) is 33.1. The van der Waals surface area contributed by atoms with E-state index in [1.807, 2.05) is 6.07 Å². The number of anilines is 5. The minimum Gasteiger partial charge on any atom is -0.465 e. The highest BCUT2D eigenvalue weighted by Crippen LogP contribution is 2.54. The highest BCUT2D eigenvalue weighted by molar-refractivity contribution is 6.07. The molecule has 0 N–H and O–H groups in total. The fraction of sp³-hybridized carbons (Fsp3) is 0.579. The van der Waals surface area contributed by atoms with Crippen LogP contribution in [0.25, 0.3) is 0 Å². The third-order valence-corrected chi connectivity index (χ3v) is 19.9. The highest BCUT2D eigenvalue weighted by Gasteiger charge is 2.38. The zero-order valence-electron chi connectivity index (χ0n) is 52.5. The summed E-state index contributed by atoms with van der Waals surface area (Å²) >= 11 is 0. The molecule has 0 spiro atoms. The van der Waals surface area contributed by atoms with Crippen LogP contribution in [0.1, 0.15) is 295 Å². The van der Waals surface area contributed by atoms with Crippen LogP contribution in [0.3, 0.4) is 0 Å². The minimum atomic E-state index is -0.438. The maximum absolute atomic E-state index is 15.6. The van der Waals surface area contributed by atoms with Crippen molar-refractivity contribution in [2.75, 3.05) is 24.0 Å². The molecule has 0 saturated heterocycles. The first-order chi connectivity index (χ1) is 39.6. The van der Waals surface area contributed by atoms with E-state index in [9.17, 15) is 0 Å². The molecule has 5 fully saturated rings. The number of carbonyl (C=O) groups excluding carboxylic acids is 2. The number of benzene rings is 4. The summed E-state index contributed by atoms with van der Waals surface area (Å²) in [6.45, 7) is 20.7. The van der Waals surface area contributed by atoms with Gasteiger partial charge in [-0.2, -0.15) is 0 Å². The van der Waals surface area contributed by atoms with Gasteiger partial charge in [-0.1, -0.05) is 213 Å². The highest BCUT2D eigenvalue weighted by atomic mass is 16.5. The van der Waals surface area contributed by atoms with Gasteiger partial charge in [-0.05, 0) is 186 Å². The molecule has 0 unspecified atom stereocenters. The van der Waals surface area contributed by atoms with E-state index in [1.54, 1.807) is 0 Å². The van der Waals surface area contributed by atoms with Gasteiger partial charge in [0.1, 0.15) is 0 Å². The lowest BCUT2D eigenvalue weighted by Crippen LogP contribution is -2.29. The summed E-state index contributed by atoms with van der Waals surface area (Å²) in [6, 6.07) is 27.4. The zero-order chi connectivity index (χ0) is 58.0. The van der Waals surface area contributed by atoms with Crippen LogP contribution >= 0.6 is 0 Å². The second-order valence-electron chi connectivity index (χ2n) is 27.7. The Morgan fingerprint density at radius 2 is 0.988 bits per heavy atom. The van der Waals surface area contributed by atoms with E-state index < -0.39 is 11.9 Å². The first kappa shape index (κ1) is 61.2. The quantitative estimate of drug-likeness (QED) is 0.0562. The Bertz CT molecular complexity index is 2840. The summed E-state index contributed by atoms with van der Waals surface area (Å²) in [5.41, 5.74) is 15.4. The molecular formula is C76H104N2O4. The van der Waals surface area contributed by atoms with Gasteiger partial charge in [0.05, 0.1) is 48.1 Å². The van der Waals surface area contributed by atoms with Gasteiger partial charge < -0.3 is 19.3 Å². The van der Waals surface area contributed by atoms with Crippen molar-refractivity contribution in [1.82, 2.24) is 0 Å². The number of ether oxygens (including phenoxy) is 2. The topological polar surface area (TPSA) is 59.1 Å². The van der Waals surface area contributed by atoms with Gasteiger partial charge in [0.15, 0.2) is 0 Å². The van der Waals surface area contributed by atoms with E-state index in [-0.39, 0.29) is 16.7 Å². The molecule has 6 nitrogen and oxygen atoms in total. The van der Waals surface area contributed by atoms with E-state index in [2.05, 4.69) is 137 Å². The number of nitrogens with zero attached hydrogens (tertiary/aromatic N) is 2. The Hall–Kier alpha value is -5.36. The molecule has 0 aromatic heterocycles. The Kier molecular flexibility index (Phi) is 20.9. The molecule has 5 saturated carbocycles. The Labute approximate surface area is 497 Å². The van der Waals surface area contributed by atoms with Gasteiger partial charge in [0.25, 0.3) is 0 Å². The van der Waals surface area contributed by atoms with Gasteiger partial charge in [-0.3, -0.25) is 0 Å². The maximum Gasteiger partial charge on any atom is 0.340 e. The summed E-state index contributed by atoms with van der Waals surface area (Å²) in [7, 11) is 3.05. The summed E-state index contributed by atoms with van der Waals surface area (Å²) in [5, 5.41) is 0. The molecule has 0 aliphatic heterocycles. The van der Waals surface area contributed by atoms with Crippen molar-refractivity contribution in [1.29, 1.82) is 0 Å². The van der Waals surface area contributed by atoms with E-state index in [4.69, 9.17) is 16.1 Å². The van der Waals surface area contributed by atoms with Crippen LogP contribution in [0.2, 0.25) is 0 Å². The Morgan fingerprint density at radius 3 is 1.46 bits per heavy atom. The number of unbranched alkanes of at least 4 members (excludes halogenated alkanes) is 2. The lowest BCUT2D eigenvalue weighted by molar-refractivity contribution is 0.0588. The largest absolute Gasteiger partial charge is 0.465 e. The second-order valence-corrected chi connectivity index (χ2v) is 27.7. The molecule has 9 rings (SSSR count). The van der Waals surface area contributed by atoms with E-state index in [1.165, 1.54) is 168 Å². The molecule has 0 bridgehead atoms. The van der Waals surface area contributed by atoms with Crippen LogP contribution in [0.5, 0.6) is 0 Å². The smallest absolute Gasteiger partial charge is 0.340 e. The summed E-state index contributed by atoms with van der Waals surface area (Å²) < 4.78 is 12.2. The van der Waals surface area contributed by atoms with Crippen LogP contribution < -0.4 is 9.80 Å². The van der Waals surface area contributed by atoms with E-state index in [0.717, 1.165) is 87.7 Å². The zero-order valence-corrected chi connectivity index (χ0v) is 52.5. The molecule has 4 aromatic rings. The molecule has 0 amide bonds. The SMILES string of the molecule is C=C/C(=C(\C(=C/CCCC)C1CCCCC1)N(c1cccc(C(C)(C)C)c1)c1cc(C(=O)OC)c(N(c2cccc(C(C)(C)C)c2)c2c(C3CCCCC3)cc(C3CCCCC3)cc2C2CCCCC2)cc1C(=O)OC)C1CCCCC1. The molecule has 0 radical (unpaired) electrons. The number of methoxy groups -OCH3 is 2. The van der Waals surface area contributed by atoms with Crippen molar-refractivity contribution >= 4 is 40.4 Å². The molecule has 5 aliphatic carbocycles. The van der Waals surface area contributed by atoms with Crippen LogP contribution in [-0.4, -0.2) is 26.2 Å². The Morgan fingerprint density at radius 1 is 0.549 bits per heavy atom. The van der Waals surface area contributed by atoms with Gasteiger partial charge in [-0.25, -0.2) is 9.59 Å². The van der Waals surface area contributed by atoms with Crippen molar-refractivity contribution in [3.63, 3.8) is 0 Å². The molecule has 0 heterocycles. The third-order valence-electron chi connectivity index (χ3n) is 19.9. The van der Waals surface area contributed by atoms with Crippen molar-refractivity contribution in [2.45, 2.75) is 257 Å². The average molecular weight is 1110 g/mol. The summed E-state index contributed by atoms with van der Waals surface area (Å²) in [4.78, 5) is 36.1. The van der Waals surface area contributed by atoms with E-state index >= 15 is 9.59 Å². The lowest BCUT2D eigenvalue weighted by atomic mass is 9.74. The molecule has 442 valence electrons. The van der Waals surface area contributed by atoms with Gasteiger partial charge in [0.2, 0.25) is 0 Å². The molecule has 0 atom stereocenters. The number of carbonyl (C=O) groups is 2. The summed E-state index contributed by atoms with van der Waals surface area (Å²) in [5.74, 6) is 0.993. The van der Waals surface area contributed by atoms with Crippen molar-refractivity contribution in [2.24, 2.45) is 11.8 Å². The van der Waals surface area contributed by atoms with Crippen molar-refractivity contribution in [3.8, 4) is 0 Å². The monoisotopic (exact) mass is 1110 g/mol. The predicted molar refractivity (Wildman–Crippen MR) is 345 cm³/mol. The molecular weight excluding hydrogens is 1000 g/mol. The normalized spacial score (nSPS) is 19.1. The fourth-order valence-electron chi connectivity index (χ4n) is 15.2. The molecule has 6 heteroatoms. The number of allylic oxidation sites excluding steroid dienone is 4. The number of hydrogen-bond acceptors (Lipinski definition) is 6. The van der Waals surface area contributed by atoms with Crippen molar-refractivity contribution < 1.29 is 19.1 Å². The first-order valence-electron chi connectivity index (χ1n) is 33.1. The van der Waals surface area contributed by atoms with Crippen LogP contribution in [0.15, 0.2) is 108 Å².